The highest BCUT2D eigenvalue weighted by molar-refractivity contribution is 5.85. The number of carboxylic acid groups (broad SMARTS) is 1. The van der Waals surface area contributed by atoms with Crippen molar-refractivity contribution in [3.8, 4) is 0 Å². The van der Waals surface area contributed by atoms with E-state index in [1.165, 1.54) is 32.2 Å². The number of para-hydroxylation sites is 2. The van der Waals surface area contributed by atoms with Crippen molar-refractivity contribution < 1.29 is 27.9 Å². The Morgan fingerprint density at radius 1 is 1.35 bits per heavy atom. The van der Waals surface area contributed by atoms with Gasteiger partial charge < -0.3 is 14.6 Å². The van der Waals surface area contributed by atoms with Crippen LogP contribution in [-0.4, -0.2) is 44.5 Å². The van der Waals surface area contributed by atoms with E-state index < -0.39 is 36.5 Å². The predicted molar refractivity (Wildman–Crippen MR) is 74.6 cm³/mol. The second-order valence-electron chi connectivity index (χ2n) is 5.03. The molecule has 1 aromatic heterocycles. The van der Waals surface area contributed by atoms with Crippen molar-refractivity contribution in [2.75, 3.05) is 7.05 Å². The van der Waals surface area contributed by atoms with Gasteiger partial charge in [0.2, 0.25) is 11.7 Å². The average Bonchev–Trinajstić information content (AvgIpc) is 2.84. The second-order valence-corrected chi connectivity index (χ2v) is 5.03. The molecule has 1 unspecified atom stereocenters. The fourth-order valence-electron chi connectivity index (χ4n) is 2.08. The van der Waals surface area contributed by atoms with Crippen LogP contribution in [0.2, 0.25) is 0 Å². The number of rotatable bonds is 4. The molecule has 0 bridgehead atoms. The number of nitrogens with zero attached hydrogens (tertiary/aromatic N) is 3. The second kappa shape index (κ2) is 5.90. The first kappa shape index (κ1) is 16.8. The van der Waals surface area contributed by atoms with E-state index in [9.17, 15) is 22.8 Å². The number of imidazole rings is 1. The number of fused-ring (bicyclic) bond motifs is 1. The molecule has 0 saturated carbocycles. The highest BCUT2D eigenvalue weighted by Gasteiger charge is 2.38. The fourth-order valence-corrected chi connectivity index (χ4v) is 2.08. The van der Waals surface area contributed by atoms with Gasteiger partial charge >= 0.3 is 12.1 Å². The minimum absolute atomic E-state index is 0.113. The van der Waals surface area contributed by atoms with Crippen LogP contribution in [0.4, 0.5) is 13.2 Å². The number of aromatic nitrogens is 2. The molecular formula is C14H14F3N3O3. The summed E-state index contributed by atoms with van der Waals surface area (Å²) in [6, 6.07) is 4.77. The fraction of sp³-hybridized carbons (Fsp3) is 0.357. The minimum Gasteiger partial charge on any atom is -0.480 e. The highest BCUT2D eigenvalue weighted by Crippen LogP contribution is 2.31. The molecule has 23 heavy (non-hydrogen) atoms. The molecule has 2 rings (SSSR count). The van der Waals surface area contributed by atoms with Crippen LogP contribution in [0.5, 0.6) is 0 Å². The number of halogens is 3. The van der Waals surface area contributed by atoms with Gasteiger partial charge in [0.25, 0.3) is 0 Å². The number of carbonyl (C=O) groups excluding carboxylic acids is 1. The van der Waals surface area contributed by atoms with Crippen LogP contribution in [0.1, 0.15) is 12.7 Å². The van der Waals surface area contributed by atoms with E-state index >= 15 is 0 Å². The monoisotopic (exact) mass is 329 g/mol. The molecule has 124 valence electrons. The Hall–Kier alpha value is -2.58. The summed E-state index contributed by atoms with van der Waals surface area (Å²) < 4.78 is 40.1. The van der Waals surface area contributed by atoms with E-state index in [0.717, 1.165) is 9.47 Å². The maximum Gasteiger partial charge on any atom is 0.449 e. The molecule has 1 aromatic carbocycles. The summed E-state index contributed by atoms with van der Waals surface area (Å²) in [5.74, 6) is -3.19. The van der Waals surface area contributed by atoms with Crippen molar-refractivity contribution >= 4 is 22.9 Å². The summed E-state index contributed by atoms with van der Waals surface area (Å²) in [4.78, 5) is 27.4. The number of carboxylic acids is 1. The van der Waals surface area contributed by atoms with Gasteiger partial charge in [-0.15, -0.1) is 0 Å². The molecule has 0 aliphatic heterocycles. The van der Waals surface area contributed by atoms with E-state index in [-0.39, 0.29) is 11.0 Å². The third-order valence-corrected chi connectivity index (χ3v) is 3.53. The van der Waals surface area contributed by atoms with Crippen molar-refractivity contribution in [3.05, 3.63) is 30.1 Å². The molecule has 1 N–H and O–H groups in total. The Kier molecular flexibility index (Phi) is 4.31. The number of aliphatic carboxylic acids is 1. The molecule has 6 nitrogen and oxygen atoms in total. The van der Waals surface area contributed by atoms with Gasteiger partial charge in [0.05, 0.1) is 11.0 Å². The van der Waals surface area contributed by atoms with Gasteiger partial charge in [-0.3, -0.25) is 4.79 Å². The van der Waals surface area contributed by atoms with Crippen LogP contribution in [0.15, 0.2) is 24.3 Å². The number of amides is 1. The number of alkyl halides is 3. The van der Waals surface area contributed by atoms with Crippen LogP contribution < -0.4 is 0 Å². The summed E-state index contributed by atoms with van der Waals surface area (Å²) in [6.45, 7) is 0.625. The number of hydrogen-bond acceptors (Lipinski definition) is 3. The lowest BCUT2D eigenvalue weighted by atomic mass is 10.3. The lowest BCUT2D eigenvalue weighted by Gasteiger charge is -2.22. The van der Waals surface area contributed by atoms with Crippen molar-refractivity contribution in [2.24, 2.45) is 0 Å². The maximum atomic E-state index is 13.1. The Bertz CT molecular complexity index is 755. The standard InChI is InChI=1S/C14H14F3N3O3/c1-8(12(22)23)19(2)11(21)7-20-10-6-4-3-5-9(10)18-13(20)14(15,16)17/h3-6,8H,7H2,1-2H3,(H,22,23). The zero-order valence-corrected chi connectivity index (χ0v) is 12.3. The average molecular weight is 329 g/mol. The highest BCUT2D eigenvalue weighted by atomic mass is 19.4. The topological polar surface area (TPSA) is 75.4 Å². The third kappa shape index (κ3) is 3.27. The van der Waals surface area contributed by atoms with Crippen molar-refractivity contribution in [3.63, 3.8) is 0 Å². The normalized spacial score (nSPS) is 13.1. The first-order valence-corrected chi connectivity index (χ1v) is 6.64. The number of likely N-dealkylation sites (N-methyl/N-ethyl adjacent to an activating group) is 1. The molecule has 0 aliphatic carbocycles. The Morgan fingerprint density at radius 2 is 1.96 bits per heavy atom. The van der Waals surface area contributed by atoms with Crippen LogP contribution in [-0.2, 0) is 22.3 Å². The number of benzene rings is 1. The Balaban J connectivity index is 2.43. The molecule has 1 amide bonds. The molecular weight excluding hydrogens is 315 g/mol. The predicted octanol–water partition coefficient (Wildman–Crippen LogP) is 1.99. The summed E-state index contributed by atoms with van der Waals surface area (Å²) in [5.41, 5.74) is 0.270. The first-order valence-electron chi connectivity index (χ1n) is 6.64. The van der Waals surface area contributed by atoms with Gasteiger partial charge in [-0.05, 0) is 19.1 Å². The summed E-state index contributed by atoms with van der Waals surface area (Å²) in [5, 5.41) is 8.89. The molecule has 0 saturated heterocycles. The van der Waals surface area contributed by atoms with Gasteiger partial charge in [-0.25, -0.2) is 9.78 Å². The van der Waals surface area contributed by atoms with Gasteiger partial charge in [-0.2, -0.15) is 13.2 Å². The molecule has 0 spiro atoms. The molecule has 2 aromatic rings. The van der Waals surface area contributed by atoms with Gasteiger partial charge in [-0.1, -0.05) is 12.1 Å². The zero-order valence-electron chi connectivity index (χ0n) is 12.3. The molecule has 1 atom stereocenters. The van der Waals surface area contributed by atoms with E-state index in [2.05, 4.69) is 4.98 Å². The smallest absolute Gasteiger partial charge is 0.449 e. The molecule has 0 fully saturated rings. The van der Waals surface area contributed by atoms with Crippen LogP contribution in [0.25, 0.3) is 11.0 Å². The minimum atomic E-state index is -4.73. The van der Waals surface area contributed by atoms with Gasteiger partial charge in [0, 0.05) is 7.05 Å². The number of carbonyl (C=O) groups is 2. The third-order valence-electron chi connectivity index (χ3n) is 3.53. The van der Waals surface area contributed by atoms with E-state index in [4.69, 9.17) is 5.11 Å². The Morgan fingerprint density at radius 3 is 2.52 bits per heavy atom. The largest absolute Gasteiger partial charge is 0.480 e. The van der Waals surface area contributed by atoms with E-state index in [1.807, 2.05) is 0 Å². The first-order chi connectivity index (χ1) is 10.6. The Labute approximate surface area is 129 Å². The van der Waals surface area contributed by atoms with Crippen molar-refractivity contribution in [1.29, 1.82) is 0 Å². The molecule has 0 radical (unpaired) electrons. The van der Waals surface area contributed by atoms with Crippen LogP contribution in [0, 0.1) is 0 Å². The molecule has 1 heterocycles. The number of hydrogen-bond donors (Lipinski definition) is 1. The van der Waals surface area contributed by atoms with Gasteiger partial charge in [0.1, 0.15) is 12.6 Å². The van der Waals surface area contributed by atoms with E-state index in [0.29, 0.717) is 0 Å². The van der Waals surface area contributed by atoms with Crippen molar-refractivity contribution in [2.45, 2.75) is 25.7 Å². The lowest BCUT2D eigenvalue weighted by molar-refractivity contribution is -0.151. The summed E-state index contributed by atoms with van der Waals surface area (Å²) >= 11 is 0. The van der Waals surface area contributed by atoms with Crippen LogP contribution >= 0.6 is 0 Å². The van der Waals surface area contributed by atoms with Crippen molar-refractivity contribution in [1.82, 2.24) is 14.5 Å². The van der Waals surface area contributed by atoms with Gasteiger partial charge in [0.15, 0.2) is 0 Å². The zero-order chi connectivity index (χ0) is 17.4. The van der Waals surface area contributed by atoms with Crippen LogP contribution in [0.3, 0.4) is 0 Å². The summed E-state index contributed by atoms with van der Waals surface area (Å²) in [6.07, 6.45) is -4.73. The molecule has 0 aliphatic rings. The molecule has 9 heteroatoms. The summed E-state index contributed by atoms with van der Waals surface area (Å²) in [7, 11) is 1.23. The maximum absolute atomic E-state index is 13.1. The van der Waals surface area contributed by atoms with E-state index in [1.54, 1.807) is 6.07 Å². The quantitative estimate of drug-likeness (QED) is 0.931. The lowest BCUT2D eigenvalue weighted by Crippen LogP contribution is -2.42. The SMILES string of the molecule is CC(C(=O)O)N(C)C(=O)Cn1c(C(F)(F)F)nc2ccccc21.